The normalized spacial score (nSPS) is 25.2. The number of nitrogens with zero attached hydrogens (tertiary/aromatic N) is 1. The van der Waals surface area contributed by atoms with Gasteiger partial charge in [0, 0.05) is 16.9 Å². The molecule has 0 amide bonds. The van der Waals surface area contributed by atoms with Crippen LogP contribution in [-0.2, 0) is 0 Å². The van der Waals surface area contributed by atoms with Crippen LogP contribution in [0.3, 0.4) is 0 Å². The van der Waals surface area contributed by atoms with Crippen molar-refractivity contribution in [2.45, 2.75) is 44.1 Å². The average molecular weight is 506 g/mol. The molecule has 5 aromatic carbocycles. The van der Waals surface area contributed by atoms with E-state index in [1.54, 1.807) is 0 Å². The third-order valence-corrected chi connectivity index (χ3v) is 9.90. The van der Waals surface area contributed by atoms with Crippen molar-refractivity contribution in [1.29, 1.82) is 0 Å². The summed E-state index contributed by atoms with van der Waals surface area (Å²) >= 11 is 0. The molecule has 0 unspecified atom stereocenters. The Morgan fingerprint density at radius 2 is 0.872 bits per heavy atom. The zero-order chi connectivity index (χ0) is 25.8. The van der Waals surface area contributed by atoms with Gasteiger partial charge >= 0.3 is 0 Å². The lowest BCUT2D eigenvalue weighted by Gasteiger charge is -2.61. The number of hydrogen-bond acceptors (Lipinski definition) is 1. The zero-order valence-electron chi connectivity index (χ0n) is 22.5. The summed E-state index contributed by atoms with van der Waals surface area (Å²) < 4.78 is 0. The standard InChI is InChI=1S/C38H35N/c1-3-7-30(8-4-1)32-11-13-35-23-33(12-14-34(35)22-32)31-15-17-37(18-16-31)39(36-9-5-2-6-10-36)38-24-27-19-28(25-38)21-29(20-27)26-38/h1-18,22-23,27-29H,19-21,24-26H2. The van der Waals surface area contributed by atoms with Crippen molar-refractivity contribution >= 4 is 22.1 Å². The van der Waals surface area contributed by atoms with E-state index < -0.39 is 0 Å². The second-order valence-electron chi connectivity index (χ2n) is 12.5. The molecule has 0 radical (unpaired) electrons. The molecule has 1 nitrogen and oxygen atoms in total. The smallest absolute Gasteiger partial charge is 0.0459 e. The summed E-state index contributed by atoms with van der Waals surface area (Å²) in [5.41, 5.74) is 8.07. The van der Waals surface area contributed by atoms with E-state index in [2.05, 4.69) is 126 Å². The van der Waals surface area contributed by atoms with Gasteiger partial charge in [0.25, 0.3) is 0 Å². The minimum atomic E-state index is 0.275. The molecule has 0 aliphatic heterocycles. The van der Waals surface area contributed by atoms with Gasteiger partial charge in [0.2, 0.25) is 0 Å². The van der Waals surface area contributed by atoms with Crippen LogP contribution in [0.15, 0.2) is 121 Å². The van der Waals surface area contributed by atoms with Gasteiger partial charge in [-0.2, -0.15) is 0 Å². The van der Waals surface area contributed by atoms with Gasteiger partial charge in [-0.05, 0) is 126 Å². The summed E-state index contributed by atoms with van der Waals surface area (Å²) in [6.45, 7) is 0. The molecule has 9 rings (SSSR count). The number of anilines is 2. The lowest BCUT2D eigenvalue weighted by atomic mass is 9.52. The Hall–Kier alpha value is -3.84. The predicted molar refractivity (Wildman–Crippen MR) is 164 cm³/mol. The first-order chi connectivity index (χ1) is 19.2. The number of fused-ring (bicyclic) bond motifs is 1. The van der Waals surface area contributed by atoms with Gasteiger partial charge in [0.15, 0.2) is 0 Å². The molecule has 4 fully saturated rings. The molecule has 5 aromatic rings. The molecule has 4 aliphatic rings. The fourth-order valence-electron chi connectivity index (χ4n) is 8.65. The number of benzene rings is 5. The van der Waals surface area contributed by atoms with Crippen molar-refractivity contribution in [2.75, 3.05) is 4.90 Å². The van der Waals surface area contributed by atoms with Crippen LogP contribution in [0.4, 0.5) is 11.4 Å². The van der Waals surface area contributed by atoms with Crippen LogP contribution in [0.5, 0.6) is 0 Å². The maximum absolute atomic E-state index is 2.74. The minimum absolute atomic E-state index is 0.275. The first kappa shape index (κ1) is 23.1. The van der Waals surface area contributed by atoms with Crippen LogP contribution in [0, 0.1) is 17.8 Å². The Balaban J connectivity index is 1.13. The molecule has 192 valence electrons. The summed E-state index contributed by atoms with van der Waals surface area (Å²) in [6.07, 6.45) is 8.46. The highest BCUT2D eigenvalue weighted by Gasteiger charge is 2.54. The van der Waals surface area contributed by atoms with Gasteiger partial charge in [-0.25, -0.2) is 0 Å². The summed E-state index contributed by atoms with van der Waals surface area (Å²) in [5.74, 6) is 2.75. The summed E-state index contributed by atoms with van der Waals surface area (Å²) in [6, 6.07) is 45.0. The first-order valence-corrected chi connectivity index (χ1v) is 14.8. The molecule has 0 heterocycles. The Morgan fingerprint density at radius 3 is 1.41 bits per heavy atom. The van der Waals surface area contributed by atoms with Gasteiger partial charge in [-0.15, -0.1) is 0 Å². The molecule has 0 spiro atoms. The highest BCUT2D eigenvalue weighted by Crippen LogP contribution is 2.59. The summed E-state index contributed by atoms with van der Waals surface area (Å²) in [4.78, 5) is 2.74. The quantitative estimate of drug-likeness (QED) is 0.230. The van der Waals surface area contributed by atoms with Crippen LogP contribution in [0.1, 0.15) is 38.5 Å². The Morgan fingerprint density at radius 1 is 0.436 bits per heavy atom. The fourth-order valence-corrected chi connectivity index (χ4v) is 8.65. The first-order valence-electron chi connectivity index (χ1n) is 14.8. The molecule has 1 heteroatoms. The monoisotopic (exact) mass is 505 g/mol. The molecule has 39 heavy (non-hydrogen) atoms. The van der Waals surface area contributed by atoms with Crippen molar-refractivity contribution in [2.24, 2.45) is 17.8 Å². The zero-order valence-corrected chi connectivity index (χ0v) is 22.5. The molecular weight excluding hydrogens is 470 g/mol. The number of rotatable bonds is 5. The van der Waals surface area contributed by atoms with Gasteiger partial charge in [0.05, 0.1) is 0 Å². The Labute approximate surface area is 232 Å². The molecular formula is C38H35N. The largest absolute Gasteiger partial charge is 0.335 e. The van der Waals surface area contributed by atoms with Gasteiger partial charge in [-0.3, -0.25) is 0 Å². The molecule has 4 bridgehead atoms. The fraction of sp³-hybridized carbons (Fsp3) is 0.263. The van der Waals surface area contributed by atoms with Gasteiger partial charge < -0.3 is 4.90 Å². The molecule has 0 N–H and O–H groups in total. The second kappa shape index (κ2) is 9.12. The highest BCUT2D eigenvalue weighted by atomic mass is 15.2. The van der Waals surface area contributed by atoms with E-state index in [0.717, 1.165) is 17.8 Å². The Bertz CT molecular complexity index is 1580. The molecule has 4 aliphatic carbocycles. The van der Waals surface area contributed by atoms with E-state index >= 15 is 0 Å². The van der Waals surface area contributed by atoms with E-state index in [4.69, 9.17) is 0 Å². The average Bonchev–Trinajstić information content (AvgIpc) is 2.97. The van der Waals surface area contributed by atoms with Crippen LogP contribution < -0.4 is 4.90 Å². The van der Waals surface area contributed by atoms with Gasteiger partial charge in [0.1, 0.15) is 0 Å². The van der Waals surface area contributed by atoms with Crippen molar-refractivity contribution in [3.63, 3.8) is 0 Å². The third-order valence-electron chi connectivity index (χ3n) is 9.90. The van der Waals surface area contributed by atoms with Crippen molar-refractivity contribution in [3.8, 4) is 22.3 Å². The van der Waals surface area contributed by atoms with Crippen molar-refractivity contribution in [1.82, 2.24) is 0 Å². The molecule has 4 saturated carbocycles. The second-order valence-corrected chi connectivity index (χ2v) is 12.5. The maximum Gasteiger partial charge on any atom is 0.0459 e. The van der Waals surface area contributed by atoms with Crippen LogP contribution >= 0.6 is 0 Å². The van der Waals surface area contributed by atoms with E-state index in [-0.39, 0.29) is 5.54 Å². The topological polar surface area (TPSA) is 3.24 Å². The predicted octanol–water partition coefficient (Wildman–Crippen LogP) is 10.3. The third kappa shape index (κ3) is 4.07. The van der Waals surface area contributed by atoms with Crippen molar-refractivity contribution < 1.29 is 0 Å². The van der Waals surface area contributed by atoms with E-state index in [0.29, 0.717) is 0 Å². The van der Waals surface area contributed by atoms with Crippen LogP contribution in [0.25, 0.3) is 33.0 Å². The highest BCUT2D eigenvalue weighted by molar-refractivity contribution is 5.91. The number of hydrogen-bond donors (Lipinski definition) is 0. The SMILES string of the molecule is c1ccc(-c2ccc3cc(-c4ccc(N(c5ccccc5)C56CC7CC(CC(C7)C5)C6)cc4)ccc3c2)cc1. The molecule has 0 aromatic heterocycles. The van der Waals surface area contributed by atoms with E-state index in [1.165, 1.54) is 82.9 Å². The number of para-hydroxylation sites is 1. The molecule has 0 atom stereocenters. The maximum atomic E-state index is 2.74. The minimum Gasteiger partial charge on any atom is -0.335 e. The van der Waals surface area contributed by atoms with Gasteiger partial charge in [-0.1, -0.05) is 84.9 Å². The van der Waals surface area contributed by atoms with Crippen LogP contribution in [0.2, 0.25) is 0 Å². The lowest BCUT2D eigenvalue weighted by molar-refractivity contribution is 0.000557. The van der Waals surface area contributed by atoms with Crippen LogP contribution in [-0.4, -0.2) is 5.54 Å². The Kier molecular flexibility index (Phi) is 5.40. The summed E-state index contributed by atoms with van der Waals surface area (Å²) in [7, 11) is 0. The summed E-state index contributed by atoms with van der Waals surface area (Å²) in [5, 5.41) is 2.57. The van der Waals surface area contributed by atoms with Crippen molar-refractivity contribution in [3.05, 3.63) is 121 Å². The molecule has 0 saturated heterocycles. The van der Waals surface area contributed by atoms with E-state index in [1.807, 2.05) is 0 Å². The lowest BCUT2D eigenvalue weighted by Crippen LogP contribution is -2.58. The van der Waals surface area contributed by atoms with E-state index in [9.17, 15) is 0 Å².